The van der Waals surface area contributed by atoms with Crippen molar-refractivity contribution in [1.82, 2.24) is 0 Å². The van der Waals surface area contributed by atoms with Crippen LogP contribution in [-0.2, 0) is 4.74 Å². The zero-order chi connectivity index (χ0) is 8.04. The van der Waals surface area contributed by atoms with Gasteiger partial charge >= 0.3 is 0 Å². The highest BCUT2D eigenvalue weighted by Gasteiger charge is 2.25. The molecule has 1 nitrogen and oxygen atoms in total. The van der Waals surface area contributed by atoms with E-state index in [1.807, 2.05) is 13.8 Å². The molecule has 0 unspecified atom stereocenters. The van der Waals surface area contributed by atoms with Crippen LogP contribution >= 0.6 is 0 Å². The maximum absolute atomic E-state index is 12.8. The number of rotatable bonds is 0. The van der Waals surface area contributed by atoms with Crippen LogP contribution in [0.2, 0.25) is 0 Å². The van der Waals surface area contributed by atoms with Crippen molar-refractivity contribution >= 4 is 0 Å². The highest BCUT2D eigenvalue weighted by molar-refractivity contribution is 4.75. The number of hydrogen-bond acceptors (Lipinski definition) is 1. The molecule has 0 bridgehead atoms. The SMILES string of the molecule is CC.CC1(F)CCOCC1. The predicted molar refractivity (Wildman–Crippen MR) is 40.9 cm³/mol. The molecule has 0 aromatic heterocycles. The summed E-state index contributed by atoms with van der Waals surface area (Å²) in [6.07, 6.45) is 1.12. The van der Waals surface area contributed by atoms with Crippen LogP contribution in [0.5, 0.6) is 0 Å². The van der Waals surface area contributed by atoms with Crippen LogP contribution in [0, 0.1) is 0 Å². The second kappa shape index (κ2) is 4.67. The maximum atomic E-state index is 12.8. The third-order valence-electron chi connectivity index (χ3n) is 1.54. The minimum absolute atomic E-state index is 0.562. The van der Waals surface area contributed by atoms with Gasteiger partial charge in [0.15, 0.2) is 0 Å². The van der Waals surface area contributed by atoms with E-state index in [0.29, 0.717) is 26.1 Å². The summed E-state index contributed by atoms with van der Waals surface area (Å²) in [4.78, 5) is 0. The Labute approximate surface area is 62.6 Å². The summed E-state index contributed by atoms with van der Waals surface area (Å²) in [6.45, 7) is 6.82. The fourth-order valence-corrected chi connectivity index (χ4v) is 0.797. The van der Waals surface area contributed by atoms with Crippen LogP contribution in [0.1, 0.15) is 33.6 Å². The average molecular weight is 148 g/mol. The molecule has 0 aromatic carbocycles. The Morgan fingerprint density at radius 3 is 1.80 bits per heavy atom. The number of ether oxygens (including phenoxy) is 1. The van der Waals surface area contributed by atoms with E-state index in [1.54, 1.807) is 6.92 Å². The molecule has 1 rings (SSSR count). The van der Waals surface area contributed by atoms with Crippen LogP contribution in [0.4, 0.5) is 4.39 Å². The highest BCUT2D eigenvalue weighted by Crippen LogP contribution is 2.23. The Kier molecular flexibility index (Phi) is 4.62. The molecular formula is C8H17FO. The van der Waals surface area contributed by atoms with E-state index in [1.165, 1.54) is 0 Å². The van der Waals surface area contributed by atoms with Crippen molar-refractivity contribution in [2.75, 3.05) is 13.2 Å². The molecule has 0 radical (unpaired) electrons. The minimum atomic E-state index is -0.946. The Morgan fingerprint density at radius 2 is 1.60 bits per heavy atom. The lowest BCUT2D eigenvalue weighted by Gasteiger charge is -2.24. The normalized spacial score (nSPS) is 22.8. The first kappa shape index (κ1) is 9.89. The van der Waals surface area contributed by atoms with Crippen molar-refractivity contribution in [2.45, 2.75) is 39.3 Å². The molecule has 0 saturated carbocycles. The summed E-state index contributed by atoms with van der Waals surface area (Å²) in [5.74, 6) is 0. The molecule has 10 heavy (non-hydrogen) atoms. The summed E-state index contributed by atoms with van der Waals surface area (Å²) in [7, 11) is 0. The van der Waals surface area contributed by atoms with E-state index in [-0.39, 0.29) is 0 Å². The van der Waals surface area contributed by atoms with Crippen molar-refractivity contribution in [3.8, 4) is 0 Å². The van der Waals surface area contributed by atoms with Gasteiger partial charge in [0.1, 0.15) is 5.67 Å². The molecule has 0 aliphatic carbocycles. The molecule has 0 atom stereocenters. The summed E-state index contributed by atoms with van der Waals surface area (Å²) in [6, 6.07) is 0. The summed E-state index contributed by atoms with van der Waals surface area (Å²) < 4.78 is 17.8. The quantitative estimate of drug-likeness (QED) is 0.513. The Morgan fingerprint density at radius 1 is 1.20 bits per heavy atom. The fourth-order valence-electron chi connectivity index (χ4n) is 0.797. The molecule has 0 spiro atoms. The number of alkyl halides is 1. The van der Waals surface area contributed by atoms with Gasteiger partial charge in [-0.2, -0.15) is 0 Å². The molecule has 1 aliphatic rings. The molecule has 0 amide bonds. The monoisotopic (exact) mass is 148 g/mol. The summed E-state index contributed by atoms with van der Waals surface area (Å²) in [5, 5.41) is 0. The fraction of sp³-hybridized carbons (Fsp3) is 1.00. The Bertz CT molecular complexity index is 73.3. The largest absolute Gasteiger partial charge is 0.381 e. The molecule has 1 saturated heterocycles. The topological polar surface area (TPSA) is 9.23 Å². The van der Waals surface area contributed by atoms with Gasteiger partial charge in [0.2, 0.25) is 0 Å². The molecule has 1 heterocycles. The zero-order valence-corrected chi connectivity index (χ0v) is 7.11. The Balaban J connectivity index is 0.000000371. The van der Waals surface area contributed by atoms with E-state index < -0.39 is 5.67 Å². The van der Waals surface area contributed by atoms with E-state index in [4.69, 9.17) is 4.74 Å². The lowest BCUT2D eigenvalue weighted by atomic mass is 10.00. The van der Waals surface area contributed by atoms with E-state index >= 15 is 0 Å². The van der Waals surface area contributed by atoms with Crippen LogP contribution in [0.15, 0.2) is 0 Å². The summed E-state index contributed by atoms with van der Waals surface area (Å²) in [5.41, 5.74) is -0.946. The van der Waals surface area contributed by atoms with Crippen LogP contribution in [0.25, 0.3) is 0 Å². The smallest absolute Gasteiger partial charge is 0.112 e. The van der Waals surface area contributed by atoms with Crippen LogP contribution in [-0.4, -0.2) is 18.9 Å². The van der Waals surface area contributed by atoms with E-state index in [2.05, 4.69) is 0 Å². The van der Waals surface area contributed by atoms with Crippen molar-refractivity contribution < 1.29 is 9.13 Å². The maximum Gasteiger partial charge on any atom is 0.112 e. The molecular weight excluding hydrogens is 131 g/mol. The van der Waals surface area contributed by atoms with Gasteiger partial charge in [0, 0.05) is 26.1 Å². The average Bonchev–Trinajstić information content (AvgIpc) is 1.92. The first-order valence-corrected chi connectivity index (χ1v) is 3.97. The van der Waals surface area contributed by atoms with Gasteiger partial charge in [-0.1, -0.05) is 13.8 Å². The van der Waals surface area contributed by atoms with Crippen molar-refractivity contribution in [1.29, 1.82) is 0 Å². The second-order valence-corrected chi connectivity index (χ2v) is 2.53. The van der Waals surface area contributed by atoms with Gasteiger partial charge in [-0.25, -0.2) is 4.39 Å². The zero-order valence-electron chi connectivity index (χ0n) is 7.11. The first-order chi connectivity index (χ1) is 4.71. The molecule has 2 heteroatoms. The first-order valence-electron chi connectivity index (χ1n) is 3.97. The predicted octanol–water partition coefficient (Wildman–Crippen LogP) is 2.55. The molecule has 0 N–H and O–H groups in total. The van der Waals surface area contributed by atoms with Crippen molar-refractivity contribution in [3.05, 3.63) is 0 Å². The van der Waals surface area contributed by atoms with Gasteiger partial charge in [-0.05, 0) is 6.92 Å². The minimum Gasteiger partial charge on any atom is -0.381 e. The van der Waals surface area contributed by atoms with Crippen molar-refractivity contribution in [2.24, 2.45) is 0 Å². The molecule has 0 aromatic rings. The lowest BCUT2D eigenvalue weighted by molar-refractivity contribution is 0.00200. The summed E-state index contributed by atoms with van der Waals surface area (Å²) >= 11 is 0. The van der Waals surface area contributed by atoms with Gasteiger partial charge in [0.25, 0.3) is 0 Å². The molecule has 1 fully saturated rings. The standard InChI is InChI=1S/C6H11FO.C2H6/c1-6(7)2-4-8-5-3-6;1-2/h2-5H2,1H3;1-2H3. The number of halogens is 1. The second-order valence-electron chi connectivity index (χ2n) is 2.53. The molecule has 1 aliphatic heterocycles. The highest BCUT2D eigenvalue weighted by atomic mass is 19.1. The number of hydrogen-bond donors (Lipinski definition) is 0. The third kappa shape index (κ3) is 3.83. The van der Waals surface area contributed by atoms with Gasteiger partial charge in [-0.15, -0.1) is 0 Å². The Hall–Kier alpha value is -0.110. The van der Waals surface area contributed by atoms with Gasteiger partial charge in [0.05, 0.1) is 0 Å². The van der Waals surface area contributed by atoms with E-state index in [0.717, 1.165) is 0 Å². The lowest BCUT2D eigenvalue weighted by Crippen LogP contribution is -2.27. The van der Waals surface area contributed by atoms with Crippen molar-refractivity contribution in [3.63, 3.8) is 0 Å². The third-order valence-corrected chi connectivity index (χ3v) is 1.54. The van der Waals surface area contributed by atoms with Gasteiger partial charge in [-0.3, -0.25) is 0 Å². The van der Waals surface area contributed by atoms with Crippen LogP contribution < -0.4 is 0 Å². The molecule has 62 valence electrons. The van der Waals surface area contributed by atoms with Gasteiger partial charge < -0.3 is 4.74 Å². The van der Waals surface area contributed by atoms with E-state index in [9.17, 15) is 4.39 Å². The van der Waals surface area contributed by atoms with Crippen LogP contribution in [0.3, 0.4) is 0 Å².